The van der Waals surface area contributed by atoms with Crippen LogP contribution in [-0.4, -0.2) is 0 Å². The summed E-state index contributed by atoms with van der Waals surface area (Å²) in [5.41, 5.74) is 16.9. The maximum absolute atomic E-state index is 2.45. The van der Waals surface area contributed by atoms with E-state index in [1.807, 2.05) is 0 Å². The number of anilines is 3. The normalized spacial score (nSPS) is 15.2. The van der Waals surface area contributed by atoms with Crippen molar-refractivity contribution in [3.63, 3.8) is 0 Å². The molecule has 2 aliphatic carbocycles. The lowest BCUT2D eigenvalue weighted by Gasteiger charge is -2.28. The number of rotatable bonds is 5. The Morgan fingerprint density at radius 1 is 0.347 bits per heavy atom. The van der Waals surface area contributed by atoms with E-state index in [1.54, 1.807) is 0 Å². The highest BCUT2D eigenvalue weighted by Gasteiger charge is 2.49. The second-order valence-electron chi connectivity index (χ2n) is 14.6. The SMILES string of the molecule is CC1(C)C2=C(c3ccccc31)C(C)(C)c1cc(-c3ccc(N(c4ccc(-c5ccccc5)cc4)c4ccc5ccccc5c4)cc3)ccc12. The van der Waals surface area contributed by atoms with Crippen molar-refractivity contribution in [2.45, 2.75) is 38.5 Å². The molecule has 0 bridgehead atoms. The first-order chi connectivity index (χ1) is 23.8. The van der Waals surface area contributed by atoms with Gasteiger partial charge in [0.05, 0.1) is 0 Å². The van der Waals surface area contributed by atoms with Crippen molar-refractivity contribution in [1.29, 1.82) is 0 Å². The summed E-state index contributed by atoms with van der Waals surface area (Å²) in [5, 5.41) is 2.47. The third-order valence-electron chi connectivity index (χ3n) is 11.0. The van der Waals surface area contributed by atoms with Crippen LogP contribution in [0.5, 0.6) is 0 Å². The quantitative estimate of drug-likeness (QED) is 0.183. The van der Waals surface area contributed by atoms with Crippen molar-refractivity contribution in [1.82, 2.24) is 0 Å². The fourth-order valence-electron chi connectivity index (χ4n) is 8.54. The molecular weight excluding hydrogens is 591 g/mol. The van der Waals surface area contributed by atoms with Gasteiger partial charge in [0, 0.05) is 27.9 Å². The van der Waals surface area contributed by atoms with Crippen LogP contribution in [0.25, 0.3) is 44.2 Å². The average molecular weight is 630 g/mol. The molecule has 0 fully saturated rings. The monoisotopic (exact) mass is 629 g/mol. The van der Waals surface area contributed by atoms with Crippen molar-refractivity contribution in [3.8, 4) is 22.3 Å². The summed E-state index contributed by atoms with van der Waals surface area (Å²) in [6, 6.07) is 60.1. The molecule has 0 heterocycles. The first-order valence-electron chi connectivity index (χ1n) is 17.4. The number of fused-ring (bicyclic) bond motifs is 5. The van der Waals surface area contributed by atoms with E-state index < -0.39 is 0 Å². The molecule has 0 saturated heterocycles. The van der Waals surface area contributed by atoms with Crippen molar-refractivity contribution >= 4 is 39.0 Å². The van der Waals surface area contributed by atoms with Crippen LogP contribution in [0.15, 0.2) is 164 Å². The maximum atomic E-state index is 2.45. The summed E-state index contributed by atoms with van der Waals surface area (Å²) < 4.78 is 0. The van der Waals surface area contributed by atoms with Crippen LogP contribution < -0.4 is 4.90 Å². The topological polar surface area (TPSA) is 3.24 Å². The zero-order chi connectivity index (χ0) is 33.3. The predicted molar refractivity (Wildman–Crippen MR) is 209 cm³/mol. The van der Waals surface area contributed by atoms with E-state index in [0.717, 1.165) is 17.1 Å². The van der Waals surface area contributed by atoms with Gasteiger partial charge in [-0.1, -0.05) is 149 Å². The first-order valence-corrected chi connectivity index (χ1v) is 17.4. The lowest BCUT2D eigenvalue weighted by molar-refractivity contribution is 0.694. The molecule has 7 aromatic rings. The highest BCUT2D eigenvalue weighted by Crippen LogP contribution is 2.62. The van der Waals surface area contributed by atoms with Gasteiger partial charge in [-0.2, -0.15) is 0 Å². The number of nitrogens with zero attached hydrogens (tertiary/aromatic N) is 1. The van der Waals surface area contributed by atoms with E-state index in [4.69, 9.17) is 0 Å². The molecule has 0 aromatic heterocycles. The molecule has 0 atom stereocenters. The summed E-state index contributed by atoms with van der Waals surface area (Å²) in [6.45, 7) is 9.60. The molecule has 0 saturated carbocycles. The van der Waals surface area contributed by atoms with Gasteiger partial charge in [-0.15, -0.1) is 0 Å². The zero-order valence-corrected chi connectivity index (χ0v) is 28.5. The summed E-state index contributed by atoms with van der Waals surface area (Å²) in [7, 11) is 0. The molecule has 0 radical (unpaired) electrons. The molecule has 49 heavy (non-hydrogen) atoms. The Labute approximate surface area is 289 Å². The number of hydrogen-bond donors (Lipinski definition) is 0. The molecule has 0 spiro atoms. The summed E-state index contributed by atoms with van der Waals surface area (Å²) in [5.74, 6) is 0. The molecule has 1 heteroatoms. The van der Waals surface area contributed by atoms with Crippen LogP contribution in [0.1, 0.15) is 49.9 Å². The molecule has 0 N–H and O–H groups in total. The van der Waals surface area contributed by atoms with Gasteiger partial charge in [0.1, 0.15) is 0 Å². The van der Waals surface area contributed by atoms with Gasteiger partial charge in [0.15, 0.2) is 0 Å². The number of hydrogen-bond acceptors (Lipinski definition) is 1. The molecule has 1 nitrogen and oxygen atoms in total. The molecule has 9 rings (SSSR count). The highest BCUT2D eigenvalue weighted by molar-refractivity contribution is 6.09. The lowest BCUT2D eigenvalue weighted by Crippen LogP contribution is -2.19. The minimum Gasteiger partial charge on any atom is -0.310 e. The molecule has 0 unspecified atom stereocenters. The first kappa shape index (κ1) is 29.5. The zero-order valence-electron chi connectivity index (χ0n) is 28.5. The van der Waals surface area contributed by atoms with Crippen molar-refractivity contribution in [3.05, 3.63) is 186 Å². The van der Waals surface area contributed by atoms with Crippen LogP contribution in [0.2, 0.25) is 0 Å². The lowest BCUT2D eigenvalue weighted by atomic mass is 9.75. The molecule has 7 aromatic carbocycles. The fourth-order valence-corrected chi connectivity index (χ4v) is 8.54. The van der Waals surface area contributed by atoms with Gasteiger partial charge in [-0.3, -0.25) is 0 Å². The average Bonchev–Trinajstić information content (AvgIpc) is 3.54. The van der Waals surface area contributed by atoms with Crippen molar-refractivity contribution < 1.29 is 0 Å². The summed E-state index contributed by atoms with van der Waals surface area (Å²) in [4.78, 5) is 2.37. The standard InChI is InChI=1S/C48H39N/c1-47(2)43-17-11-10-16-41(43)45-46(47)42-29-23-37(31-44(42)48(45,3)4)35-20-26-39(27-21-35)49(40-28-22-33-14-8-9-15-36(33)30-40)38-24-18-34(19-25-38)32-12-6-5-7-13-32/h5-31H,1-4H3. The minimum atomic E-state index is -0.0662. The van der Waals surface area contributed by atoms with Gasteiger partial charge >= 0.3 is 0 Å². The van der Waals surface area contributed by atoms with E-state index in [0.29, 0.717) is 0 Å². The maximum Gasteiger partial charge on any atom is 0.0468 e. The Morgan fingerprint density at radius 3 is 1.53 bits per heavy atom. The molecule has 236 valence electrons. The second-order valence-corrected chi connectivity index (χ2v) is 14.6. The number of allylic oxidation sites excluding steroid dienone is 2. The Balaban J connectivity index is 1.09. The van der Waals surface area contributed by atoms with Gasteiger partial charge in [0.2, 0.25) is 0 Å². The smallest absolute Gasteiger partial charge is 0.0468 e. The number of benzene rings is 7. The van der Waals surface area contributed by atoms with Crippen LogP contribution in [0, 0.1) is 0 Å². The Hall–Kier alpha value is -5.66. The Morgan fingerprint density at radius 2 is 0.837 bits per heavy atom. The Kier molecular flexibility index (Phi) is 6.58. The van der Waals surface area contributed by atoms with Crippen molar-refractivity contribution in [2.75, 3.05) is 4.90 Å². The third kappa shape index (κ3) is 4.60. The van der Waals surface area contributed by atoms with E-state index in [-0.39, 0.29) is 10.8 Å². The highest BCUT2D eigenvalue weighted by atomic mass is 15.1. The summed E-state index contributed by atoms with van der Waals surface area (Å²) >= 11 is 0. The van der Waals surface area contributed by atoms with Gasteiger partial charge in [-0.25, -0.2) is 0 Å². The van der Waals surface area contributed by atoms with Crippen LogP contribution in [0.4, 0.5) is 17.1 Å². The predicted octanol–water partition coefficient (Wildman–Crippen LogP) is 13.1. The van der Waals surface area contributed by atoms with Gasteiger partial charge in [-0.05, 0) is 109 Å². The van der Waals surface area contributed by atoms with Crippen molar-refractivity contribution in [2.24, 2.45) is 0 Å². The second kappa shape index (κ2) is 10.9. The minimum absolute atomic E-state index is 0.0108. The van der Waals surface area contributed by atoms with Gasteiger partial charge in [0.25, 0.3) is 0 Å². The fraction of sp³-hybridized carbons (Fsp3) is 0.125. The van der Waals surface area contributed by atoms with E-state index in [2.05, 4.69) is 196 Å². The van der Waals surface area contributed by atoms with Crippen LogP contribution >= 0.6 is 0 Å². The molecule has 0 aliphatic heterocycles. The van der Waals surface area contributed by atoms with E-state index >= 15 is 0 Å². The molecule has 0 amide bonds. The van der Waals surface area contributed by atoms with E-state index in [1.165, 1.54) is 66.4 Å². The molecule has 2 aliphatic rings. The summed E-state index contributed by atoms with van der Waals surface area (Å²) in [6.07, 6.45) is 0. The largest absolute Gasteiger partial charge is 0.310 e. The third-order valence-corrected chi connectivity index (χ3v) is 11.0. The Bertz CT molecular complexity index is 2410. The van der Waals surface area contributed by atoms with E-state index in [9.17, 15) is 0 Å². The van der Waals surface area contributed by atoms with Crippen LogP contribution in [0.3, 0.4) is 0 Å². The van der Waals surface area contributed by atoms with Crippen LogP contribution in [-0.2, 0) is 10.8 Å². The molecular formula is C48H39N. The van der Waals surface area contributed by atoms with Gasteiger partial charge < -0.3 is 4.90 Å².